The summed E-state index contributed by atoms with van der Waals surface area (Å²) in [5.41, 5.74) is 10.2. The van der Waals surface area contributed by atoms with E-state index in [0.29, 0.717) is 5.82 Å². The Bertz CT molecular complexity index is 1260. The molecule has 140 valence electrons. The van der Waals surface area contributed by atoms with Crippen molar-refractivity contribution in [2.75, 3.05) is 5.73 Å². The molecule has 5 aromatic rings. The van der Waals surface area contributed by atoms with Gasteiger partial charge < -0.3 is 10.5 Å². The van der Waals surface area contributed by atoms with E-state index in [1.54, 1.807) is 18.5 Å². The fourth-order valence-electron chi connectivity index (χ4n) is 3.13. The van der Waals surface area contributed by atoms with E-state index in [-0.39, 0.29) is 0 Å². The first kappa shape index (κ1) is 16.9. The van der Waals surface area contributed by atoms with Gasteiger partial charge in [-0.2, -0.15) is 0 Å². The molecule has 0 aliphatic carbocycles. The summed E-state index contributed by atoms with van der Waals surface area (Å²) in [5, 5.41) is 0. The molecule has 6 heteroatoms. The predicted molar refractivity (Wildman–Crippen MR) is 113 cm³/mol. The minimum atomic E-state index is 0.482. The number of nitrogen functional groups attached to an aromatic ring is 1. The van der Waals surface area contributed by atoms with Crippen LogP contribution in [0.1, 0.15) is 0 Å². The number of fused-ring (bicyclic) bond motifs is 1. The van der Waals surface area contributed by atoms with Crippen LogP contribution in [0.3, 0.4) is 0 Å². The normalized spacial score (nSPS) is 10.9. The number of benzene rings is 2. The number of hydrogen-bond donors (Lipinski definition) is 1. The van der Waals surface area contributed by atoms with E-state index in [0.717, 1.165) is 39.7 Å². The summed E-state index contributed by atoms with van der Waals surface area (Å²) >= 11 is 0. The Labute approximate surface area is 167 Å². The first-order valence-corrected chi connectivity index (χ1v) is 9.15. The van der Waals surface area contributed by atoms with Crippen LogP contribution in [0.25, 0.3) is 28.2 Å². The highest BCUT2D eigenvalue weighted by Crippen LogP contribution is 2.27. The SMILES string of the molecule is Nc1ccc(-c2cn3c(-c4ccc(Oc5ccccc5)cc4)cnc3cn2)cn1. The molecule has 0 atom stereocenters. The lowest BCUT2D eigenvalue weighted by Crippen LogP contribution is -1.94. The largest absolute Gasteiger partial charge is 0.457 e. The van der Waals surface area contributed by atoms with E-state index in [1.165, 1.54) is 0 Å². The lowest BCUT2D eigenvalue weighted by Gasteiger charge is -2.08. The highest BCUT2D eigenvalue weighted by molar-refractivity contribution is 5.67. The van der Waals surface area contributed by atoms with Crippen LogP contribution in [0, 0.1) is 0 Å². The summed E-state index contributed by atoms with van der Waals surface area (Å²) in [6, 6.07) is 21.3. The number of nitrogens with two attached hydrogens (primary N) is 1. The van der Waals surface area contributed by atoms with Crippen LogP contribution in [0.4, 0.5) is 5.82 Å². The topological polar surface area (TPSA) is 78.3 Å². The van der Waals surface area contributed by atoms with Crippen molar-refractivity contribution in [3.63, 3.8) is 0 Å². The van der Waals surface area contributed by atoms with Gasteiger partial charge in [0.2, 0.25) is 0 Å². The standard InChI is InChI=1S/C23H17N5O/c24-22-11-8-17(12-26-22)20-15-28-21(13-27-23(28)14-25-20)16-6-9-19(10-7-16)29-18-4-2-1-3-5-18/h1-15H,(H2,24,26). The minimum absolute atomic E-state index is 0.482. The zero-order valence-corrected chi connectivity index (χ0v) is 15.4. The molecule has 0 amide bonds. The average Bonchev–Trinajstić information content (AvgIpc) is 3.19. The van der Waals surface area contributed by atoms with Crippen molar-refractivity contribution in [3.05, 3.63) is 91.5 Å². The summed E-state index contributed by atoms with van der Waals surface area (Å²) in [4.78, 5) is 13.1. The Morgan fingerprint density at radius 3 is 2.21 bits per heavy atom. The molecule has 3 heterocycles. The van der Waals surface area contributed by atoms with E-state index in [1.807, 2.05) is 77.5 Å². The molecule has 0 fully saturated rings. The summed E-state index contributed by atoms with van der Waals surface area (Å²) < 4.78 is 7.89. The number of hydrogen-bond acceptors (Lipinski definition) is 5. The van der Waals surface area contributed by atoms with Gasteiger partial charge in [-0.3, -0.25) is 9.38 Å². The molecule has 2 aromatic carbocycles. The Balaban J connectivity index is 1.48. The Morgan fingerprint density at radius 1 is 0.690 bits per heavy atom. The second-order valence-electron chi connectivity index (χ2n) is 6.56. The number of aromatic nitrogens is 4. The van der Waals surface area contributed by atoms with Gasteiger partial charge in [-0.05, 0) is 48.5 Å². The number of imidazole rings is 1. The molecule has 5 rings (SSSR count). The number of ether oxygens (including phenoxy) is 1. The third kappa shape index (κ3) is 3.39. The molecule has 0 spiro atoms. The van der Waals surface area contributed by atoms with Gasteiger partial charge in [0.25, 0.3) is 0 Å². The van der Waals surface area contributed by atoms with Gasteiger partial charge in [-0.15, -0.1) is 0 Å². The fourth-order valence-corrected chi connectivity index (χ4v) is 3.13. The van der Waals surface area contributed by atoms with Gasteiger partial charge in [-0.25, -0.2) is 9.97 Å². The van der Waals surface area contributed by atoms with E-state index in [2.05, 4.69) is 15.0 Å². The van der Waals surface area contributed by atoms with Crippen molar-refractivity contribution in [2.24, 2.45) is 0 Å². The number of pyridine rings is 1. The predicted octanol–water partition coefficient (Wildman–Crippen LogP) is 4.83. The first-order chi connectivity index (χ1) is 14.3. The second-order valence-corrected chi connectivity index (χ2v) is 6.56. The van der Waals surface area contributed by atoms with Crippen LogP contribution in [-0.2, 0) is 0 Å². The van der Waals surface area contributed by atoms with Crippen LogP contribution in [0.15, 0.2) is 91.5 Å². The molecular formula is C23H17N5O. The zero-order chi connectivity index (χ0) is 19.6. The van der Waals surface area contributed by atoms with Crippen LogP contribution in [0.2, 0.25) is 0 Å². The lowest BCUT2D eigenvalue weighted by atomic mass is 10.1. The van der Waals surface area contributed by atoms with E-state index in [4.69, 9.17) is 10.5 Å². The number of para-hydroxylation sites is 1. The third-order valence-corrected chi connectivity index (χ3v) is 4.61. The summed E-state index contributed by atoms with van der Waals surface area (Å²) in [7, 11) is 0. The van der Waals surface area contributed by atoms with E-state index >= 15 is 0 Å². The van der Waals surface area contributed by atoms with Crippen molar-refractivity contribution >= 4 is 11.5 Å². The Kier molecular flexibility index (Phi) is 4.14. The second kappa shape index (κ2) is 7.09. The Morgan fingerprint density at radius 2 is 1.45 bits per heavy atom. The molecule has 0 radical (unpaired) electrons. The van der Waals surface area contributed by atoms with Gasteiger partial charge in [0, 0.05) is 23.5 Å². The van der Waals surface area contributed by atoms with Gasteiger partial charge in [0.15, 0.2) is 5.65 Å². The van der Waals surface area contributed by atoms with Gasteiger partial charge in [-0.1, -0.05) is 18.2 Å². The van der Waals surface area contributed by atoms with E-state index in [9.17, 15) is 0 Å². The first-order valence-electron chi connectivity index (χ1n) is 9.15. The third-order valence-electron chi connectivity index (χ3n) is 4.61. The quantitative estimate of drug-likeness (QED) is 0.484. The molecule has 0 unspecified atom stereocenters. The smallest absolute Gasteiger partial charge is 0.155 e. The molecule has 0 saturated heterocycles. The maximum Gasteiger partial charge on any atom is 0.155 e. The van der Waals surface area contributed by atoms with Crippen LogP contribution >= 0.6 is 0 Å². The zero-order valence-electron chi connectivity index (χ0n) is 15.4. The molecular weight excluding hydrogens is 362 g/mol. The highest BCUT2D eigenvalue weighted by atomic mass is 16.5. The van der Waals surface area contributed by atoms with Crippen molar-refractivity contribution in [1.29, 1.82) is 0 Å². The molecule has 0 saturated carbocycles. The van der Waals surface area contributed by atoms with Crippen LogP contribution in [-0.4, -0.2) is 19.4 Å². The lowest BCUT2D eigenvalue weighted by molar-refractivity contribution is 0.483. The van der Waals surface area contributed by atoms with Crippen molar-refractivity contribution in [2.45, 2.75) is 0 Å². The highest BCUT2D eigenvalue weighted by Gasteiger charge is 2.09. The van der Waals surface area contributed by atoms with Gasteiger partial charge in [0.05, 0.1) is 23.8 Å². The summed E-state index contributed by atoms with van der Waals surface area (Å²) in [5.74, 6) is 2.07. The molecule has 0 aliphatic heterocycles. The van der Waals surface area contributed by atoms with Gasteiger partial charge >= 0.3 is 0 Å². The Hall–Kier alpha value is -4.19. The molecule has 0 aliphatic rings. The van der Waals surface area contributed by atoms with Gasteiger partial charge in [0.1, 0.15) is 17.3 Å². The number of nitrogens with zero attached hydrogens (tertiary/aromatic N) is 4. The van der Waals surface area contributed by atoms with Crippen molar-refractivity contribution in [3.8, 4) is 34.0 Å². The monoisotopic (exact) mass is 379 g/mol. The van der Waals surface area contributed by atoms with Crippen molar-refractivity contribution in [1.82, 2.24) is 19.4 Å². The maximum atomic E-state index is 5.88. The van der Waals surface area contributed by atoms with Crippen molar-refractivity contribution < 1.29 is 4.74 Å². The van der Waals surface area contributed by atoms with Crippen LogP contribution < -0.4 is 10.5 Å². The van der Waals surface area contributed by atoms with Crippen LogP contribution in [0.5, 0.6) is 11.5 Å². The fraction of sp³-hybridized carbons (Fsp3) is 0. The molecule has 6 nitrogen and oxygen atoms in total. The molecule has 0 bridgehead atoms. The molecule has 29 heavy (non-hydrogen) atoms. The number of anilines is 1. The summed E-state index contributed by atoms with van der Waals surface area (Å²) in [6.07, 6.45) is 7.27. The van der Waals surface area contributed by atoms with E-state index < -0.39 is 0 Å². The minimum Gasteiger partial charge on any atom is -0.457 e. The average molecular weight is 379 g/mol. The maximum absolute atomic E-state index is 5.88. The molecule has 3 aromatic heterocycles. The number of rotatable bonds is 4. The molecule has 2 N–H and O–H groups in total. The summed E-state index contributed by atoms with van der Waals surface area (Å²) in [6.45, 7) is 0.